The van der Waals surface area contributed by atoms with E-state index >= 15 is 0 Å². The Labute approximate surface area is 114 Å². The fourth-order valence-electron chi connectivity index (χ4n) is 2.31. The number of rotatable bonds is 2. The van der Waals surface area contributed by atoms with Crippen LogP contribution >= 0.6 is 0 Å². The van der Waals surface area contributed by atoms with E-state index in [-0.39, 0.29) is 6.10 Å². The molecule has 0 radical (unpaired) electrons. The van der Waals surface area contributed by atoms with E-state index < -0.39 is 0 Å². The second kappa shape index (κ2) is 4.69. The molecule has 4 rings (SSSR count). The summed E-state index contributed by atoms with van der Waals surface area (Å²) in [6.07, 6.45) is 3.46. The van der Waals surface area contributed by atoms with Gasteiger partial charge in [-0.2, -0.15) is 10.1 Å². The Morgan fingerprint density at radius 3 is 3.25 bits per heavy atom. The van der Waals surface area contributed by atoms with E-state index in [1.165, 1.54) is 0 Å². The summed E-state index contributed by atoms with van der Waals surface area (Å²) in [5.41, 5.74) is 1.76. The highest BCUT2D eigenvalue weighted by Gasteiger charge is 2.22. The summed E-state index contributed by atoms with van der Waals surface area (Å²) in [4.78, 5) is 4.43. The third-order valence-electron chi connectivity index (χ3n) is 3.31. The van der Waals surface area contributed by atoms with Gasteiger partial charge in [-0.1, -0.05) is 11.2 Å². The summed E-state index contributed by atoms with van der Waals surface area (Å²) in [5, 5.41) is 11.5. The lowest BCUT2D eigenvalue weighted by Crippen LogP contribution is -2.33. The maximum Gasteiger partial charge on any atom is 0.261 e. The van der Waals surface area contributed by atoms with Crippen LogP contribution in [0.3, 0.4) is 0 Å². The first-order valence-corrected chi connectivity index (χ1v) is 6.50. The minimum absolute atomic E-state index is 0.150. The maximum absolute atomic E-state index is 5.61. The minimum atomic E-state index is -0.150. The molecule has 1 saturated heterocycles. The predicted octanol–water partition coefficient (Wildman–Crippen LogP) is 1.05. The molecule has 1 atom stereocenters. The van der Waals surface area contributed by atoms with Gasteiger partial charge in [0.1, 0.15) is 6.10 Å². The second-order valence-corrected chi connectivity index (χ2v) is 4.61. The Hall–Kier alpha value is -2.25. The van der Waals surface area contributed by atoms with Gasteiger partial charge in [-0.3, -0.25) is 0 Å². The highest BCUT2D eigenvalue weighted by atomic mass is 16.5. The second-order valence-electron chi connectivity index (χ2n) is 4.61. The third-order valence-corrected chi connectivity index (χ3v) is 3.31. The van der Waals surface area contributed by atoms with E-state index in [2.05, 4.69) is 20.6 Å². The highest BCUT2D eigenvalue weighted by Crippen LogP contribution is 2.25. The topological polar surface area (TPSA) is 77.5 Å². The van der Waals surface area contributed by atoms with Crippen molar-refractivity contribution in [3.05, 3.63) is 36.4 Å². The molecule has 3 aromatic rings. The molecule has 0 bridgehead atoms. The Morgan fingerprint density at radius 1 is 1.35 bits per heavy atom. The molecule has 1 fully saturated rings. The first-order chi connectivity index (χ1) is 9.92. The van der Waals surface area contributed by atoms with E-state index in [4.69, 9.17) is 9.26 Å². The first kappa shape index (κ1) is 11.6. The molecular formula is C13H13N5O2. The van der Waals surface area contributed by atoms with Gasteiger partial charge in [-0.15, -0.1) is 0 Å². The van der Waals surface area contributed by atoms with Crippen LogP contribution in [-0.4, -0.2) is 39.5 Å². The molecule has 1 N–H and O–H groups in total. The zero-order valence-corrected chi connectivity index (χ0v) is 10.7. The molecule has 1 unspecified atom stereocenters. The van der Waals surface area contributed by atoms with E-state index in [0.717, 1.165) is 17.6 Å². The summed E-state index contributed by atoms with van der Waals surface area (Å²) < 4.78 is 12.7. The number of pyridine rings is 1. The lowest BCUT2D eigenvalue weighted by Gasteiger charge is -2.20. The van der Waals surface area contributed by atoms with Crippen molar-refractivity contribution in [1.82, 2.24) is 25.1 Å². The lowest BCUT2D eigenvalue weighted by molar-refractivity contribution is 0.0208. The number of hydrogen-bond donors (Lipinski definition) is 1. The number of nitrogens with one attached hydrogen (secondary N) is 1. The first-order valence-electron chi connectivity index (χ1n) is 6.50. The molecule has 7 nitrogen and oxygen atoms in total. The van der Waals surface area contributed by atoms with Crippen LogP contribution in [-0.2, 0) is 4.74 Å². The van der Waals surface area contributed by atoms with Crippen molar-refractivity contribution in [2.45, 2.75) is 6.10 Å². The SMILES string of the molecule is c1ccn2ncc(-c3nc(C4CNCCO4)no3)c2c1. The summed E-state index contributed by atoms with van der Waals surface area (Å²) in [6.45, 7) is 2.22. The van der Waals surface area contributed by atoms with E-state index in [1.54, 1.807) is 10.7 Å². The highest BCUT2D eigenvalue weighted by molar-refractivity contribution is 5.74. The van der Waals surface area contributed by atoms with Crippen molar-refractivity contribution in [2.75, 3.05) is 19.7 Å². The average Bonchev–Trinajstić information content (AvgIpc) is 3.14. The number of fused-ring (bicyclic) bond motifs is 1. The molecule has 0 aromatic carbocycles. The van der Waals surface area contributed by atoms with Crippen molar-refractivity contribution in [1.29, 1.82) is 0 Å². The fourth-order valence-corrected chi connectivity index (χ4v) is 2.31. The minimum Gasteiger partial charge on any atom is -0.367 e. The Bertz CT molecular complexity index is 729. The molecule has 20 heavy (non-hydrogen) atoms. The zero-order chi connectivity index (χ0) is 13.4. The van der Waals surface area contributed by atoms with Gasteiger partial charge in [0.15, 0.2) is 0 Å². The van der Waals surface area contributed by atoms with Crippen molar-refractivity contribution in [3.63, 3.8) is 0 Å². The van der Waals surface area contributed by atoms with E-state index in [9.17, 15) is 0 Å². The van der Waals surface area contributed by atoms with Crippen molar-refractivity contribution < 1.29 is 9.26 Å². The van der Waals surface area contributed by atoms with Crippen LogP contribution in [0.15, 0.2) is 35.1 Å². The van der Waals surface area contributed by atoms with E-state index in [1.807, 2.05) is 24.4 Å². The summed E-state index contributed by atoms with van der Waals surface area (Å²) >= 11 is 0. The molecule has 4 heterocycles. The van der Waals surface area contributed by atoms with Crippen LogP contribution < -0.4 is 5.32 Å². The number of nitrogens with zero attached hydrogens (tertiary/aromatic N) is 4. The predicted molar refractivity (Wildman–Crippen MR) is 70.0 cm³/mol. The van der Waals surface area contributed by atoms with Crippen LogP contribution in [0.2, 0.25) is 0 Å². The molecule has 0 spiro atoms. The summed E-state index contributed by atoms with van der Waals surface area (Å²) in [5.74, 6) is 1.04. The van der Waals surface area contributed by atoms with Crippen LogP contribution in [0.4, 0.5) is 0 Å². The average molecular weight is 271 g/mol. The zero-order valence-electron chi connectivity index (χ0n) is 10.7. The van der Waals surface area contributed by atoms with Crippen molar-refractivity contribution >= 4 is 5.52 Å². The third kappa shape index (κ3) is 1.87. The molecule has 0 amide bonds. The van der Waals surface area contributed by atoms with Crippen LogP contribution in [0, 0.1) is 0 Å². The Morgan fingerprint density at radius 2 is 2.35 bits per heavy atom. The smallest absolute Gasteiger partial charge is 0.261 e. The lowest BCUT2D eigenvalue weighted by atomic mass is 10.2. The molecular weight excluding hydrogens is 258 g/mol. The van der Waals surface area contributed by atoms with Gasteiger partial charge in [0, 0.05) is 19.3 Å². The van der Waals surface area contributed by atoms with Crippen LogP contribution in [0.5, 0.6) is 0 Å². The molecule has 7 heteroatoms. The Balaban J connectivity index is 1.70. The molecule has 0 saturated carbocycles. The van der Waals surface area contributed by atoms with Crippen molar-refractivity contribution in [3.8, 4) is 11.5 Å². The van der Waals surface area contributed by atoms with Gasteiger partial charge in [0.05, 0.1) is 23.9 Å². The fraction of sp³-hybridized carbons (Fsp3) is 0.308. The van der Waals surface area contributed by atoms with Gasteiger partial charge in [-0.25, -0.2) is 4.52 Å². The molecule has 1 aliphatic rings. The van der Waals surface area contributed by atoms with E-state index in [0.29, 0.717) is 24.9 Å². The largest absolute Gasteiger partial charge is 0.367 e. The summed E-state index contributed by atoms with van der Waals surface area (Å²) in [6, 6.07) is 5.83. The monoisotopic (exact) mass is 271 g/mol. The normalized spacial score (nSPS) is 19.5. The molecule has 102 valence electrons. The molecule has 3 aromatic heterocycles. The Kier molecular flexibility index (Phi) is 2.71. The van der Waals surface area contributed by atoms with Gasteiger partial charge >= 0.3 is 0 Å². The van der Waals surface area contributed by atoms with Gasteiger partial charge in [0.2, 0.25) is 5.82 Å². The quantitative estimate of drug-likeness (QED) is 0.750. The summed E-state index contributed by atoms with van der Waals surface area (Å²) in [7, 11) is 0. The van der Waals surface area contributed by atoms with Gasteiger partial charge < -0.3 is 14.6 Å². The van der Waals surface area contributed by atoms with Crippen LogP contribution in [0.1, 0.15) is 11.9 Å². The number of ether oxygens (including phenoxy) is 1. The maximum atomic E-state index is 5.61. The molecule has 0 aliphatic carbocycles. The number of aromatic nitrogens is 4. The van der Waals surface area contributed by atoms with Crippen molar-refractivity contribution in [2.24, 2.45) is 0 Å². The van der Waals surface area contributed by atoms with Crippen LogP contribution in [0.25, 0.3) is 17.0 Å². The standard InChI is InChI=1S/C13H13N5O2/c1-2-5-18-10(3-1)9(7-15-18)13-16-12(17-20-13)11-8-14-4-6-19-11/h1-3,5,7,11,14H,4,6,8H2. The van der Waals surface area contributed by atoms with Gasteiger partial charge in [0.25, 0.3) is 5.89 Å². The van der Waals surface area contributed by atoms with Gasteiger partial charge in [-0.05, 0) is 12.1 Å². The molecule has 1 aliphatic heterocycles. The number of morpholine rings is 1. The number of hydrogen-bond acceptors (Lipinski definition) is 6.